The monoisotopic (exact) mass is 250 g/mol. The van der Waals surface area contributed by atoms with Gasteiger partial charge in [-0.25, -0.2) is 4.98 Å². The molecule has 1 saturated carbocycles. The van der Waals surface area contributed by atoms with Crippen LogP contribution < -0.4 is 5.73 Å². The van der Waals surface area contributed by atoms with Crippen molar-refractivity contribution >= 4 is 22.7 Å². The van der Waals surface area contributed by atoms with Gasteiger partial charge in [-0.05, 0) is 37.1 Å². The molecule has 0 radical (unpaired) electrons. The Kier molecular flexibility index (Phi) is 2.58. The van der Waals surface area contributed by atoms with Gasteiger partial charge in [0.1, 0.15) is 5.01 Å². The topological polar surface area (TPSA) is 38.9 Å². The highest BCUT2D eigenvalue weighted by Gasteiger charge is 2.31. The van der Waals surface area contributed by atoms with E-state index < -0.39 is 0 Å². The van der Waals surface area contributed by atoms with E-state index in [-0.39, 0.29) is 6.04 Å². The van der Waals surface area contributed by atoms with Crippen LogP contribution in [0, 0.1) is 12.8 Å². The van der Waals surface area contributed by atoms with Crippen molar-refractivity contribution in [1.29, 1.82) is 0 Å². The van der Waals surface area contributed by atoms with Gasteiger partial charge >= 0.3 is 0 Å². The summed E-state index contributed by atoms with van der Waals surface area (Å²) in [5.41, 5.74) is 7.32. The summed E-state index contributed by atoms with van der Waals surface area (Å²) in [6.07, 6.45) is 2.54. The zero-order chi connectivity index (χ0) is 11.1. The van der Waals surface area contributed by atoms with Gasteiger partial charge in [0.2, 0.25) is 0 Å². The maximum absolute atomic E-state index is 6.19. The van der Waals surface area contributed by atoms with E-state index in [1.54, 1.807) is 22.7 Å². The highest BCUT2D eigenvalue weighted by atomic mass is 32.1. The van der Waals surface area contributed by atoms with Crippen LogP contribution in [0.5, 0.6) is 0 Å². The Morgan fingerprint density at radius 2 is 2.31 bits per heavy atom. The summed E-state index contributed by atoms with van der Waals surface area (Å²) in [5, 5.41) is 3.21. The fourth-order valence-electron chi connectivity index (χ4n) is 1.86. The van der Waals surface area contributed by atoms with Gasteiger partial charge in [0.05, 0.1) is 16.6 Å². The average Bonchev–Trinajstić information content (AvgIpc) is 2.84. The summed E-state index contributed by atoms with van der Waals surface area (Å²) in [6, 6.07) is 4.36. The van der Waals surface area contributed by atoms with Crippen molar-refractivity contribution in [2.75, 3.05) is 0 Å². The Bertz CT molecular complexity index is 483. The lowest BCUT2D eigenvalue weighted by Gasteiger charge is -2.04. The van der Waals surface area contributed by atoms with Crippen LogP contribution in [0.1, 0.15) is 28.8 Å². The number of hydrogen-bond acceptors (Lipinski definition) is 4. The molecule has 0 bridgehead atoms. The lowest BCUT2D eigenvalue weighted by molar-refractivity contribution is 0.629. The summed E-state index contributed by atoms with van der Waals surface area (Å²) in [4.78, 5) is 7.26. The van der Waals surface area contributed by atoms with Crippen LogP contribution in [-0.2, 0) is 0 Å². The largest absolute Gasteiger partial charge is 0.322 e. The molecule has 0 aliphatic heterocycles. The van der Waals surface area contributed by atoms with Crippen molar-refractivity contribution in [2.24, 2.45) is 11.7 Å². The molecule has 1 atom stereocenters. The van der Waals surface area contributed by atoms with Crippen LogP contribution in [0.4, 0.5) is 0 Å². The van der Waals surface area contributed by atoms with Crippen LogP contribution in [0.3, 0.4) is 0 Å². The molecular formula is C12H14N2S2. The second-order valence-electron chi connectivity index (χ2n) is 4.30. The number of aryl methyl sites for hydroxylation is 1. The van der Waals surface area contributed by atoms with E-state index in [4.69, 9.17) is 10.7 Å². The maximum Gasteiger partial charge on any atom is 0.111 e. The molecule has 3 rings (SSSR count). The van der Waals surface area contributed by atoms with Crippen LogP contribution in [0.15, 0.2) is 17.5 Å². The first-order valence-corrected chi connectivity index (χ1v) is 7.22. The van der Waals surface area contributed by atoms with Crippen LogP contribution in [0.25, 0.3) is 10.6 Å². The Morgan fingerprint density at radius 3 is 2.94 bits per heavy atom. The first-order chi connectivity index (χ1) is 7.75. The van der Waals surface area contributed by atoms with E-state index >= 15 is 0 Å². The van der Waals surface area contributed by atoms with E-state index in [1.165, 1.54) is 22.6 Å². The highest BCUT2D eigenvalue weighted by Crippen LogP contribution is 2.42. The molecule has 0 saturated heterocycles. The minimum atomic E-state index is 0.164. The Labute approximate surface area is 103 Å². The number of thiazole rings is 1. The molecule has 2 N–H and O–H groups in total. The maximum atomic E-state index is 6.19. The predicted octanol–water partition coefficient (Wildman–Crippen LogP) is 3.59. The first-order valence-electron chi connectivity index (χ1n) is 5.52. The van der Waals surface area contributed by atoms with Crippen LogP contribution >= 0.6 is 22.7 Å². The molecule has 16 heavy (non-hydrogen) atoms. The summed E-state index contributed by atoms with van der Waals surface area (Å²) < 4.78 is 0. The molecule has 2 heterocycles. The van der Waals surface area contributed by atoms with Crippen LogP contribution in [0.2, 0.25) is 0 Å². The zero-order valence-corrected chi connectivity index (χ0v) is 10.8. The number of rotatable bonds is 3. The zero-order valence-electron chi connectivity index (χ0n) is 9.14. The molecule has 0 amide bonds. The van der Waals surface area contributed by atoms with Gasteiger partial charge in [0, 0.05) is 4.88 Å². The summed E-state index contributed by atoms with van der Waals surface area (Å²) in [7, 11) is 0. The molecule has 1 aliphatic carbocycles. The third-order valence-corrected chi connectivity index (χ3v) is 4.93. The Balaban J connectivity index is 1.95. The number of nitrogens with zero attached hydrogens (tertiary/aromatic N) is 1. The number of aromatic nitrogens is 1. The van der Waals surface area contributed by atoms with E-state index in [9.17, 15) is 0 Å². The van der Waals surface area contributed by atoms with Gasteiger partial charge in [-0.2, -0.15) is 0 Å². The van der Waals surface area contributed by atoms with E-state index in [0.717, 1.165) is 10.7 Å². The molecule has 84 valence electrons. The van der Waals surface area contributed by atoms with E-state index in [0.29, 0.717) is 5.92 Å². The minimum absolute atomic E-state index is 0.164. The SMILES string of the molecule is Cc1sc(C(N)C2CC2)nc1-c1cccs1. The molecule has 2 aromatic heterocycles. The average molecular weight is 250 g/mol. The molecule has 0 aromatic carbocycles. The molecule has 2 nitrogen and oxygen atoms in total. The number of thiophene rings is 1. The third kappa shape index (κ3) is 1.81. The normalized spacial score (nSPS) is 17.6. The van der Waals surface area contributed by atoms with Crippen molar-refractivity contribution in [3.8, 4) is 10.6 Å². The highest BCUT2D eigenvalue weighted by molar-refractivity contribution is 7.15. The number of nitrogens with two attached hydrogens (primary N) is 1. The smallest absolute Gasteiger partial charge is 0.111 e. The standard InChI is InChI=1S/C12H14N2S2/c1-7-11(9-3-2-6-15-9)14-12(16-7)10(13)8-4-5-8/h2-3,6,8,10H,4-5,13H2,1H3. The predicted molar refractivity (Wildman–Crippen MR) is 69.8 cm³/mol. The van der Waals surface area contributed by atoms with Gasteiger partial charge in [0.25, 0.3) is 0 Å². The molecule has 2 aromatic rings. The van der Waals surface area contributed by atoms with Gasteiger partial charge in [-0.15, -0.1) is 22.7 Å². The summed E-state index contributed by atoms with van der Waals surface area (Å²) in [5.74, 6) is 0.682. The van der Waals surface area contributed by atoms with Crippen molar-refractivity contribution in [2.45, 2.75) is 25.8 Å². The molecule has 4 heteroatoms. The van der Waals surface area contributed by atoms with E-state index in [1.807, 2.05) is 0 Å². The molecular weight excluding hydrogens is 236 g/mol. The lowest BCUT2D eigenvalue weighted by atomic mass is 10.2. The van der Waals surface area contributed by atoms with Crippen molar-refractivity contribution in [1.82, 2.24) is 4.98 Å². The number of hydrogen-bond donors (Lipinski definition) is 1. The minimum Gasteiger partial charge on any atom is -0.322 e. The van der Waals surface area contributed by atoms with Gasteiger partial charge in [0.15, 0.2) is 0 Å². The quantitative estimate of drug-likeness (QED) is 0.904. The van der Waals surface area contributed by atoms with Crippen molar-refractivity contribution in [3.63, 3.8) is 0 Å². The van der Waals surface area contributed by atoms with E-state index in [2.05, 4.69) is 24.4 Å². The molecule has 1 unspecified atom stereocenters. The van der Waals surface area contributed by atoms with Gasteiger partial charge < -0.3 is 5.73 Å². The van der Waals surface area contributed by atoms with Gasteiger partial charge in [-0.1, -0.05) is 6.07 Å². The van der Waals surface area contributed by atoms with Crippen molar-refractivity contribution < 1.29 is 0 Å². The van der Waals surface area contributed by atoms with Crippen molar-refractivity contribution in [3.05, 3.63) is 27.4 Å². The fraction of sp³-hybridized carbons (Fsp3) is 0.417. The Morgan fingerprint density at radius 1 is 1.50 bits per heavy atom. The second-order valence-corrected chi connectivity index (χ2v) is 6.48. The molecule has 1 fully saturated rings. The molecule has 1 aliphatic rings. The molecule has 0 spiro atoms. The fourth-order valence-corrected chi connectivity index (χ4v) is 3.73. The third-order valence-electron chi connectivity index (χ3n) is 2.98. The van der Waals surface area contributed by atoms with Crippen LogP contribution in [-0.4, -0.2) is 4.98 Å². The second kappa shape index (κ2) is 3.95. The summed E-state index contributed by atoms with van der Waals surface area (Å²) in [6.45, 7) is 2.13. The lowest BCUT2D eigenvalue weighted by Crippen LogP contribution is -2.11. The first kappa shape index (κ1) is 10.4. The Hall–Kier alpha value is -0.710. The van der Waals surface area contributed by atoms with Gasteiger partial charge in [-0.3, -0.25) is 0 Å². The summed E-state index contributed by atoms with van der Waals surface area (Å²) >= 11 is 3.50.